The number of carbonyl (C=O) groups excluding carboxylic acids is 2. The van der Waals surface area contributed by atoms with E-state index in [1.54, 1.807) is 0 Å². The van der Waals surface area contributed by atoms with Crippen LogP contribution in [0.5, 0.6) is 0 Å². The lowest BCUT2D eigenvalue weighted by molar-refractivity contribution is -0.142. The van der Waals surface area contributed by atoms with Gasteiger partial charge in [0.2, 0.25) is 0 Å². The number of hydrogen-bond donors (Lipinski definition) is 0. The molecule has 0 unspecified atom stereocenters. The summed E-state index contributed by atoms with van der Waals surface area (Å²) in [5, 5.41) is 0. The van der Waals surface area contributed by atoms with Crippen LogP contribution in [-0.4, -0.2) is 11.6 Å². The van der Waals surface area contributed by atoms with Crippen molar-refractivity contribution in [3.63, 3.8) is 0 Å². The van der Waals surface area contributed by atoms with Crippen LogP contribution in [-0.2, 0) is 9.59 Å². The predicted octanol–water partition coefficient (Wildman–Crippen LogP) is 2.36. The zero-order valence-corrected chi connectivity index (χ0v) is 9.08. The van der Waals surface area contributed by atoms with Crippen molar-refractivity contribution in [1.29, 1.82) is 0 Å². The first-order valence-electron chi connectivity index (χ1n) is 6.33. The maximum Gasteiger partial charge on any atom is 0.136 e. The van der Waals surface area contributed by atoms with Crippen LogP contribution in [0.3, 0.4) is 0 Å². The lowest BCUT2D eigenvalue weighted by Crippen LogP contribution is -2.47. The van der Waals surface area contributed by atoms with E-state index in [0.717, 1.165) is 25.7 Å². The molecule has 4 atom stereocenters. The highest BCUT2D eigenvalue weighted by molar-refractivity contribution is 5.88. The lowest BCUT2D eigenvalue weighted by atomic mass is 9.55. The summed E-state index contributed by atoms with van der Waals surface area (Å²) in [6, 6.07) is 0. The van der Waals surface area contributed by atoms with Crippen molar-refractivity contribution in [3.05, 3.63) is 0 Å². The molecule has 0 amide bonds. The van der Waals surface area contributed by atoms with Gasteiger partial charge in [-0.15, -0.1) is 0 Å². The van der Waals surface area contributed by atoms with Crippen molar-refractivity contribution in [1.82, 2.24) is 0 Å². The Balaban J connectivity index is 1.93. The number of ketones is 2. The summed E-state index contributed by atoms with van der Waals surface area (Å²) >= 11 is 0. The van der Waals surface area contributed by atoms with Crippen LogP contribution in [0.25, 0.3) is 0 Å². The van der Waals surface area contributed by atoms with Crippen molar-refractivity contribution >= 4 is 11.6 Å². The van der Waals surface area contributed by atoms with Crippen LogP contribution >= 0.6 is 0 Å². The van der Waals surface area contributed by atoms with E-state index in [1.807, 2.05) is 0 Å². The fourth-order valence-electron chi connectivity index (χ4n) is 4.20. The molecule has 3 rings (SSSR count). The summed E-state index contributed by atoms with van der Waals surface area (Å²) in [5.41, 5.74) is 0. The number of hydrogen-bond acceptors (Lipinski definition) is 2. The molecule has 0 aromatic heterocycles. The molecule has 82 valence electrons. The van der Waals surface area contributed by atoms with Gasteiger partial charge in [-0.05, 0) is 31.1 Å². The van der Waals surface area contributed by atoms with Gasteiger partial charge in [0, 0.05) is 24.7 Å². The van der Waals surface area contributed by atoms with Crippen molar-refractivity contribution in [3.8, 4) is 0 Å². The van der Waals surface area contributed by atoms with Gasteiger partial charge >= 0.3 is 0 Å². The standard InChI is InChI=1S/C13H18O2/c14-11-6-4-8-2-1-3-9-12(15)7-5-10(11)13(8)9/h8-10,13H,1-7H2/t8-,9-,10+,13+/m1/s1. The first-order valence-corrected chi connectivity index (χ1v) is 6.33. The second kappa shape index (κ2) is 3.43. The molecule has 2 nitrogen and oxygen atoms in total. The Kier molecular flexibility index (Phi) is 2.18. The zero-order valence-electron chi connectivity index (χ0n) is 9.08. The monoisotopic (exact) mass is 206 g/mol. The third kappa shape index (κ3) is 1.37. The fraction of sp³-hybridized carbons (Fsp3) is 0.846. The van der Waals surface area contributed by atoms with Gasteiger partial charge < -0.3 is 0 Å². The number of Topliss-reactive ketones (excluding diaryl/α,β-unsaturated/α-hetero) is 2. The van der Waals surface area contributed by atoms with Crippen LogP contribution in [0.2, 0.25) is 0 Å². The van der Waals surface area contributed by atoms with Crippen LogP contribution in [0, 0.1) is 23.7 Å². The molecule has 3 aliphatic carbocycles. The Morgan fingerprint density at radius 1 is 0.800 bits per heavy atom. The number of carbonyl (C=O) groups is 2. The van der Waals surface area contributed by atoms with Gasteiger partial charge in [0.25, 0.3) is 0 Å². The molecule has 0 saturated heterocycles. The van der Waals surface area contributed by atoms with Crippen LogP contribution in [0.15, 0.2) is 0 Å². The van der Waals surface area contributed by atoms with E-state index in [2.05, 4.69) is 0 Å². The first kappa shape index (κ1) is 9.56. The average molecular weight is 206 g/mol. The number of rotatable bonds is 0. The van der Waals surface area contributed by atoms with Crippen molar-refractivity contribution in [2.24, 2.45) is 23.7 Å². The Bertz CT molecular complexity index is 298. The highest BCUT2D eigenvalue weighted by Gasteiger charge is 2.48. The molecule has 0 radical (unpaired) electrons. The highest BCUT2D eigenvalue weighted by Crippen LogP contribution is 2.50. The average Bonchev–Trinajstić information content (AvgIpc) is 2.26. The van der Waals surface area contributed by atoms with Crippen LogP contribution in [0.4, 0.5) is 0 Å². The minimum Gasteiger partial charge on any atom is -0.299 e. The maximum atomic E-state index is 11.9. The molecule has 0 bridgehead atoms. The molecule has 3 fully saturated rings. The molecule has 0 heterocycles. The Morgan fingerprint density at radius 2 is 1.47 bits per heavy atom. The summed E-state index contributed by atoms with van der Waals surface area (Å²) in [5.74, 6) is 2.56. The first-order chi connectivity index (χ1) is 7.27. The van der Waals surface area contributed by atoms with Crippen LogP contribution in [0.1, 0.15) is 44.9 Å². The van der Waals surface area contributed by atoms with Gasteiger partial charge in [0.05, 0.1) is 0 Å². The van der Waals surface area contributed by atoms with E-state index in [1.165, 1.54) is 12.8 Å². The molecule has 15 heavy (non-hydrogen) atoms. The van der Waals surface area contributed by atoms with E-state index in [4.69, 9.17) is 0 Å². The molecule has 0 aromatic carbocycles. The van der Waals surface area contributed by atoms with E-state index >= 15 is 0 Å². The summed E-state index contributed by atoms with van der Waals surface area (Å²) in [6.07, 6.45) is 6.90. The largest absolute Gasteiger partial charge is 0.299 e. The predicted molar refractivity (Wildman–Crippen MR) is 56.3 cm³/mol. The van der Waals surface area contributed by atoms with Gasteiger partial charge in [-0.3, -0.25) is 9.59 Å². The van der Waals surface area contributed by atoms with Gasteiger partial charge in [-0.25, -0.2) is 0 Å². The third-order valence-corrected chi connectivity index (χ3v) is 4.85. The maximum absolute atomic E-state index is 11.9. The fourth-order valence-corrected chi connectivity index (χ4v) is 4.20. The molecule has 0 spiro atoms. The summed E-state index contributed by atoms with van der Waals surface area (Å²) in [7, 11) is 0. The molecule has 0 N–H and O–H groups in total. The molecule has 2 heteroatoms. The second-order valence-corrected chi connectivity index (χ2v) is 5.49. The summed E-state index contributed by atoms with van der Waals surface area (Å²) < 4.78 is 0. The SMILES string of the molecule is O=C1CC[C@H]2C(=O)CC[C@H]3CCC[C@H]1[C@H]32. The van der Waals surface area contributed by atoms with E-state index in [9.17, 15) is 9.59 Å². The summed E-state index contributed by atoms with van der Waals surface area (Å²) in [6.45, 7) is 0. The van der Waals surface area contributed by atoms with Gasteiger partial charge in [-0.1, -0.05) is 12.8 Å². The smallest absolute Gasteiger partial charge is 0.136 e. The molecule has 0 aromatic rings. The topological polar surface area (TPSA) is 34.1 Å². The van der Waals surface area contributed by atoms with Crippen molar-refractivity contribution in [2.75, 3.05) is 0 Å². The van der Waals surface area contributed by atoms with Gasteiger partial charge in [0.15, 0.2) is 0 Å². The highest BCUT2D eigenvalue weighted by atomic mass is 16.1. The molecule has 0 aliphatic heterocycles. The zero-order chi connectivity index (χ0) is 10.4. The minimum absolute atomic E-state index is 0.256. The van der Waals surface area contributed by atoms with Crippen LogP contribution < -0.4 is 0 Å². The quantitative estimate of drug-likeness (QED) is 0.609. The van der Waals surface area contributed by atoms with Crippen molar-refractivity contribution in [2.45, 2.75) is 44.9 Å². The Morgan fingerprint density at radius 3 is 2.27 bits per heavy atom. The molecule has 3 saturated carbocycles. The third-order valence-electron chi connectivity index (χ3n) is 4.85. The van der Waals surface area contributed by atoms with Gasteiger partial charge in [0.1, 0.15) is 11.6 Å². The molecule has 3 aliphatic rings. The Labute approximate surface area is 90.4 Å². The normalized spacial score (nSPS) is 45.1. The Hall–Kier alpha value is -0.660. The lowest BCUT2D eigenvalue weighted by Gasteiger charge is -2.47. The molecular weight excluding hydrogens is 188 g/mol. The summed E-state index contributed by atoms with van der Waals surface area (Å²) in [4.78, 5) is 23.7. The second-order valence-electron chi connectivity index (χ2n) is 5.49. The molecular formula is C13H18O2. The van der Waals surface area contributed by atoms with Crippen molar-refractivity contribution < 1.29 is 9.59 Å². The van der Waals surface area contributed by atoms with E-state index in [-0.39, 0.29) is 11.8 Å². The minimum atomic E-state index is 0.256. The van der Waals surface area contributed by atoms with E-state index in [0.29, 0.717) is 29.8 Å². The van der Waals surface area contributed by atoms with Gasteiger partial charge in [-0.2, -0.15) is 0 Å². The van der Waals surface area contributed by atoms with E-state index < -0.39 is 0 Å².